The second kappa shape index (κ2) is 8.03. The Hall–Kier alpha value is -3.22. The predicted molar refractivity (Wildman–Crippen MR) is 106 cm³/mol. The Morgan fingerprint density at radius 3 is 2.34 bits per heavy atom. The first-order valence-electron chi connectivity index (χ1n) is 9.83. The van der Waals surface area contributed by atoms with Crippen molar-refractivity contribution in [3.8, 4) is 0 Å². The lowest BCUT2D eigenvalue weighted by atomic mass is 9.81. The molecule has 3 amide bonds. The summed E-state index contributed by atoms with van der Waals surface area (Å²) in [7, 11) is 0. The molecule has 2 fully saturated rings. The van der Waals surface area contributed by atoms with Gasteiger partial charge in [-0.05, 0) is 24.3 Å². The van der Waals surface area contributed by atoms with Crippen LogP contribution in [0.3, 0.4) is 0 Å². The van der Waals surface area contributed by atoms with Gasteiger partial charge in [0, 0.05) is 11.1 Å². The molecule has 0 radical (unpaired) electrons. The maximum Gasteiger partial charge on any atom is 0.326 e. The molecule has 7 heteroatoms. The summed E-state index contributed by atoms with van der Waals surface area (Å²) >= 11 is 0. The lowest BCUT2D eigenvalue weighted by Gasteiger charge is -2.19. The number of ether oxygens (including phenoxy) is 1. The summed E-state index contributed by atoms with van der Waals surface area (Å²) in [5.41, 5.74) is 0.623. The first kappa shape index (κ1) is 19.1. The minimum atomic E-state index is -0.765. The number of likely N-dealkylation sites (tertiary alicyclic amines) is 1. The molecule has 2 aliphatic rings. The molecule has 4 rings (SSSR count). The van der Waals surface area contributed by atoms with Crippen molar-refractivity contribution >= 4 is 40.2 Å². The zero-order chi connectivity index (χ0) is 20.4. The molecule has 2 aromatic carbocycles. The third-order valence-corrected chi connectivity index (χ3v) is 5.65. The van der Waals surface area contributed by atoms with Gasteiger partial charge in [0.25, 0.3) is 5.91 Å². The molecule has 0 aromatic heterocycles. The summed E-state index contributed by atoms with van der Waals surface area (Å²) in [6.45, 7) is -0.919. The van der Waals surface area contributed by atoms with E-state index in [1.807, 2.05) is 36.4 Å². The molecule has 1 saturated heterocycles. The third kappa shape index (κ3) is 3.85. The fourth-order valence-corrected chi connectivity index (χ4v) is 4.23. The van der Waals surface area contributed by atoms with Gasteiger partial charge in [-0.1, -0.05) is 49.2 Å². The molecule has 2 aromatic rings. The lowest BCUT2D eigenvalue weighted by Crippen LogP contribution is -2.37. The topological polar surface area (TPSA) is 92.8 Å². The summed E-state index contributed by atoms with van der Waals surface area (Å²) in [4.78, 5) is 50.1. The molecule has 1 N–H and O–H groups in total. The summed E-state index contributed by atoms with van der Waals surface area (Å²) in [6.07, 6.45) is 3.22. The number of imide groups is 1. The maximum absolute atomic E-state index is 12.4. The SMILES string of the molecule is O=C(COC(=O)CN1C(=O)C2CCCCC2C1=O)Nc1cccc2ccccc12. The van der Waals surface area contributed by atoms with Crippen LogP contribution in [0, 0.1) is 11.8 Å². The van der Waals surface area contributed by atoms with Gasteiger partial charge in [-0.15, -0.1) is 0 Å². The minimum Gasteiger partial charge on any atom is -0.454 e. The van der Waals surface area contributed by atoms with Gasteiger partial charge in [0.2, 0.25) is 11.8 Å². The van der Waals surface area contributed by atoms with Crippen LogP contribution in [-0.4, -0.2) is 41.7 Å². The highest BCUT2D eigenvalue weighted by molar-refractivity contribution is 6.07. The lowest BCUT2D eigenvalue weighted by molar-refractivity contribution is -0.154. The summed E-state index contributed by atoms with van der Waals surface area (Å²) in [6, 6.07) is 13.1. The van der Waals surface area contributed by atoms with Gasteiger partial charge in [0.15, 0.2) is 6.61 Å². The second-order valence-electron chi connectivity index (χ2n) is 7.50. The highest BCUT2D eigenvalue weighted by atomic mass is 16.5. The first-order valence-corrected chi connectivity index (χ1v) is 9.83. The number of amides is 3. The average Bonchev–Trinajstić information content (AvgIpc) is 2.98. The van der Waals surface area contributed by atoms with Crippen molar-refractivity contribution in [3.05, 3.63) is 42.5 Å². The van der Waals surface area contributed by atoms with Gasteiger partial charge in [-0.25, -0.2) is 0 Å². The van der Waals surface area contributed by atoms with Crippen LogP contribution < -0.4 is 5.32 Å². The minimum absolute atomic E-state index is 0.295. The fourth-order valence-electron chi connectivity index (χ4n) is 4.23. The molecular weight excluding hydrogens is 372 g/mol. The van der Waals surface area contributed by atoms with Gasteiger partial charge >= 0.3 is 5.97 Å². The Bertz CT molecular complexity index is 957. The van der Waals surface area contributed by atoms with Gasteiger partial charge in [-0.3, -0.25) is 24.1 Å². The van der Waals surface area contributed by atoms with Gasteiger partial charge in [0.1, 0.15) is 6.54 Å². The van der Waals surface area contributed by atoms with E-state index in [2.05, 4.69) is 5.32 Å². The van der Waals surface area contributed by atoms with Crippen LogP contribution in [0.15, 0.2) is 42.5 Å². The maximum atomic E-state index is 12.4. The van der Waals surface area contributed by atoms with E-state index >= 15 is 0 Å². The molecule has 29 heavy (non-hydrogen) atoms. The number of carbonyl (C=O) groups excluding carboxylic acids is 4. The Morgan fingerprint density at radius 1 is 0.966 bits per heavy atom. The van der Waals surface area contributed by atoms with Crippen molar-refractivity contribution in [1.29, 1.82) is 0 Å². The van der Waals surface area contributed by atoms with E-state index in [-0.39, 0.29) is 23.7 Å². The van der Waals surface area contributed by atoms with Crippen LogP contribution in [0.2, 0.25) is 0 Å². The number of nitrogens with zero attached hydrogens (tertiary/aromatic N) is 1. The Kier molecular flexibility index (Phi) is 5.29. The molecule has 1 saturated carbocycles. The van der Waals surface area contributed by atoms with Gasteiger partial charge in [-0.2, -0.15) is 0 Å². The highest BCUT2D eigenvalue weighted by Gasteiger charge is 2.48. The number of nitrogens with one attached hydrogen (secondary N) is 1. The molecule has 150 valence electrons. The molecule has 0 spiro atoms. The molecule has 1 heterocycles. The van der Waals surface area contributed by atoms with Crippen LogP contribution in [0.1, 0.15) is 25.7 Å². The van der Waals surface area contributed by atoms with Crippen molar-refractivity contribution < 1.29 is 23.9 Å². The predicted octanol–water partition coefficient (Wildman–Crippen LogP) is 2.50. The smallest absolute Gasteiger partial charge is 0.326 e. The van der Waals surface area contributed by atoms with Crippen molar-refractivity contribution in [2.24, 2.45) is 11.8 Å². The Labute approximate surface area is 168 Å². The van der Waals surface area contributed by atoms with Gasteiger partial charge < -0.3 is 10.1 Å². The normalized spacial score (nSPS) is 21.2. The second-order valence-corrected chi connectivity index (χ2v) is 7.50. The number of benzene rings is 2. The van der Waals surface area contributed by atoms with Crippen molar-refractivity contribution in [3.63, 3.8) is 0 Å². The molecule has 1 aliphatic heterocycles. The number of hydrogen-bond donors (Lipinski definition) is 1. The monoisotopic (exact) mass is 394 g/mol. The fraction of sp³-hybridized carbons (Fsp3) is 0.364. The highest BCUT2D eigenvalue weighted by Crippen LogP contribution is 2.37. The number of rotatable bonds is 5. The van der Waals surface area contributed by atoms with E-state index in [0.29, 0.717) is 18.5 Å². The summed E-state index contributed by atoms with van der Waals surface area (Å²) < 4.78 is 5.00. The number of esters is 1. The molecule has 0 bridgehead atoms. The Morgan fingerprint density at radius 2 is 1.62 bits per heavy atom. The first-order chi connectivity index (χ1) is 14.0. The van der Waals surface area contributed by atoms with E-state index in [1.54, 1.807) is 6.07 Å². The number of anilines is 1. The molecule has 7 nitrogen and oxygen atoms in total. The van der Waals surface area contributed by atoms with E-state index in [4.69, 9.17) is 4.74 Å². The standard InChI is InChI=1S/C22H22N2O5/c25-19(23-18-11-5-7-14-6-1-2-8-15(14)18)13-29-20(26)12-24-21(27)16-9-3-4-10-17(16)22(24)28/h1-2,5-8,11,16-17H,3-4,9-10,12-13H2,(H,23,25). The quantitative estimate of drug-likeness (QED) is 0.621. The number of carbonyl (C=O) groups is 4. The van der Waals surface area contributed by atoms with Crippen molar-refractivity contribution in [2.75, 3.05) is 18.5 Å². The molecule has 1 aliphatic carbocycles. The summed E-state index contributed by atoms with van der Waals surface area (Å²) in [5, 5.41) is 4.59. The van der Waals surface area contributed by atoms with E-state index in [0.717, 1.165) is 28.5 Å². The van der Waals surface area contributed by atoms with E-state index in [9.17, 15) is 19.2 Å². The zero-order valence-corrected chi connectivity index (χ0v) is 15.9. The Balaban J connectivity index is 1.32. The van der Waals surface area contributed by atoms with Crippen LogP contribution in [0.25, 0.3) is 10.8 Å². The van der Waals surface area contributed by atoms with Crippen molar-refractivity contribution in [2.45, 2.75) is 25.7 Å². The van der Waals surface area contributed by atoms with E-state index < -0.39 is 25.0 Å². The average molecular weight is 394 g/mol. The number of hydrogen-bond acceptors (Lipinski definition) is 5. The van der Waals surface area contributed by atoms with Crippen LogP contribution >= 0.6 is 0 Å². The van der Waals surface area contributed by atoms with Crippen LogP contribution in [0.4, 0.5) is 5.69 Å². The van der Waals surface area contributed by atoms with Crippen LogP contribution in [0.5, 0.6) is 0 Å². The van der Waals surface area contributed by atoms with E-state index in [1.165, 1.54) is 0 Å². The molecule has 2 unspecified atom stereocenters. The van der Waals surface area contributed by atoms with Crippen LogP contribution in [-0.2, 0) is 23.9 Å². The van der Waals surface area contributed by atoms with Crippen molar-refractivity contribution in [1.82, 2.24) is 4.90 Å². The molecule has 2 atom stereocenters. The number of fused-ring (bicyclic) bond motifs is 2. The third-order valence-electron chi connectivity index (χ3n) is 5.65. The zero-order valence-electron chi connectivity index (χ0n) is 15.9. The largest absolute Gasteiger partial charge is 0.454 e. The van der Waals surface area contributed by atoms with Gasteiger partial charge in [0.05, 0.1) is 11.8 Å². The summed E-state index contributed by atoms with van der Waals surface area (Å²) in [5.74, 6) is -2.45. The molecular formula is C22H22N2O5.